The summed E-state index contributed by atoms with van der Waals surface area (Å²) in [6.45, 7) is -0.0774. The summed E-state index contributed by atoms with van der Waals surface area (Å²) in [6.07, 6.45) is -3.06. The Hall–Kier alpha value is -0.500. The van der Waals surface area contributed by atoms with Crippen molar-refractivity contribution in [2.24, 2.45) is 0 Å². The van der Waals surface area contributed by atoms with Gasteiger partial charge in [0.1, 0.15) is 0 Å². The van der Waals surface area contributed by atoms with Gasteiger partial charge in [-0.3, -0.25) is 4.79 Å². The molecule has 0 heterocycles. The molecule has 0 aromatic rings. The molecule has 9 heteroatoms. The molecule has 0 radical (unpaired) electrons. The van der Waals surface area contributed by atoms with Crippen LogP contribution in [0, 0.1) is 0 Å². The monoisotopic (exact) mass is 295 g/mol. The van der Waals surface area contributed by atoms with Crippen molar-refractivity contribution < 1.29 is 26.4 Å². The lowest BCUT2D eigenvalue weighted by Gasteiger charge is -2.07. The van der Waals surface area contributed by atoms with Crippen molar-refractivity contribution in [3.8, 4) is 0 Å². The molecule has 0 aliphatic carbocycles. The quantitative estimate of drug-likeness (QED) is 0.575. The van der Waals surface area contributed by atoms with Crippen molar-refractivity contribution in [3.05, 3.63) is 0 Å². The van der Waals surface area contributed by atoms with E-state index in [0.717, 1.165) is 0 Å². The maximum atomic E-state index is 11.7. The maximum Gasteiger partial charge on any atom is 0.471 e. The molecular weight excluding hydrogens is 283 g/mol. The molecule has 0 spiro atoms. The molecule has 0 unspecified atom stereocenters. The molecule has 17 heavy (non-hydrogen) atoms. The summed E-state index contributed by atoms with van der Waals surface area (Å²) in [7, 11) is 1.46. The number of carbonyl (C=O) groups is 1. The van der Waals surface area contributed by atoms with Gasteiger partial charge in [0.2, 0.25) is 9.05 Å². The molecule has 1 N–H and O–H groups in total. The van der Waals surface area contributed by atoms with E-state index >= 15 is 0 Å². The van der Waals surface area contributed by atoms with E-state index in [9.17, 15) is 26.4 Å². The topological polar surface area (TPSA) is 63.2 Å². The van der Waals surface area contributed by atoms with Crippen molar-refractivity contribution in [1.82, 2.24) is 5.32 Å². The van der Waals surface area contributed by atoms with Crippen LogP contribution in [0.5, 0.6) is 0 Å². The highest BCUT2D eigenvalue weighted by Gasteiger charge is 2.38. The fourth-order valence-corrected chi connectivity index (χ4v) is 1.93. The second-order valence-electron chi connectivity index (χ2n) is 3.41. The smallest absolute Gasteiger partial charge is 0.348 e. The summed E-state index contributed by atoms with van der Waals surface area (Å²) < 4.78 is 56.2. The molecule has 102 valence electrons. The van der Waals surface area contributed by atoms with Crippen molar-refractivity contribution in [1.29, 1.82) is 0 Å². The lowest BCUT2D eigenvalue weighted by atomic mass is 10.2. The Bertz CT molecular complexity index is 342. The summed E-state index contributed by atoms with van der Waals surface area (Å²) >= 11 is 0. The van der Waals surface area contributed by atoms with Crippen molar-refractivity contribution in [3.63, 3.8) is 0 Å². The van der Waals surface area contributed by atoms with Gasteiger partial charge in [-0.15, -0.1) is 0 Å². The zero-order valence-electron chi connectivity index (χ0n) is 8.89. The molecule has 0 aromatic carbocycles. The Morgan fingerprint density at radius 3 is 2.12 bits per heavy atom. The molecule has 0 aliphatic rings. The van der Waals surface area contributed by atoms with E-state index in [2.05, 4.69) is 0 Å². The SMILES string of the molecule is O=C(NCCCCCCS(=O)(=O)Cl)C(F)(F)F. The number of hydrogen-bond donors (Lipinski definition) is 1. The highest BCUT2D eigenvalue weighted by molar-refractivity contribution is 8.13. The van der Waals surface area contributed by atoms with E-state index < -0.39 is 21.1 Å². The second-order valence-corrected chi connectivity index (χ2v) is 6.31. The van der Waals surface area contributed by atoms with E-state index in [4.69, 9.17) is 10.7 Å². The Labute approximate surface area is 102 Å². The van der Waals surface area contributed by atoms with E-state index in [0.29, 0.717) is 25.7 Å². The molecule has 0 saturated heterocycles. The van der Waals surface area contributed by atoms with Gasteiger partial charge in [0.15, 0.2) is 0 Å². The van der Waals surface area contributed by atoms with Gasteiger partial charge in [0, 0.05) is 17.2 Å². The van der Waals surface area contributed by atoms with Crippen LogP contribution >= 0.6 is 10.7 Å². The molecule has 0 fully saturated rings. The Kier molecular flexibility index (Phi) is 6.84. The average molecular weight is 296 g/mol. The van der Waals surface area contributed by atoms with Crippen molar-refractivity contribution in [2.45, 2.75) is 31.9 Å². The van der Waals surface area contributed by atoms with E-state index in [-0.39, 0.29) is 12.3 Å². The number of rotatable bonds is 7. The third-order valence-corrected chi connectivity index (χ3v) is 3.10. The second kappa shape index (κ2) is 7.05. The summed E-state index contributed by atoms with van der Waals surface area (Å²) in [5.74, 6) is -2.11. The highest BCUT2D eigenvalue weighted by atomic mass is 35.7. The molecule has 0 saturated carbocycles. The van der Waals surface area contributed by atoms with Crippen LogP contribution in [-0.4, -0.2) is 32.8 Å². The minimum absolute atomic E-state index is 0.0774. The van der Waals surface area contributed by atoms with Crippen molar-refractivity contribution >= 4 is 25.6 Å². The van der Waals surface area contributed by atoms with Crippen LogP contribution < -0.4 is 5.32 Å². The Morgan fingerprint density at radius 2 is 1.65 bits per heavy atom. The lowest BCUT2D eigenvalue weighted by Crippen LogP contribution is -2.37. The van der Waals surface area contributed by atoms with Crippen LogP contribution in [0.15, 0.2) is 0 Å². The normalized spacial score (nSPS) is 12.5. The average Bonchev–Trinajstić information content (AvgIpc) is 2.12. The predicted molar refractivity (Wildman–Crippen MR) is 57.2 cm³/mol. The first kappa shape index (κ1) is 16.5. The number of carbonyl (C=O) groups excluding carboxylic acids is 1. The predicted octanol–water partition coefficient (Wildman–Crippen LogP) is 1.79. The largest absolute Gasteiger partial charge is 0.471 e. The molecule has 1 amide bonds. The van der Waals surface area contributed by atoms with Crippen LogP contribution in [0.25, 0.3) is 0 Å². The molecule has 0 aliphatic heterocycles. The van der Waals surface area contributed by atoms with Gasteiger partial charge in [-0.2, -0.15) is 13.2 Å². The third kappa shape index (κ3) is 10.4. The van der Waals surface area contributed by atoms with Gasteiger partial charge >= 0.3 is 12.1 Å². The molecule has 0 atom stereocenters. The van der Waals surface area contributed by atoms with Gasteiger partial charge in [0.05, 0.1) is 5.75 Å². The van der Waals surface area contributed by atoms with Crippen LogP contribution in [0.4, 0.5) is 13.2 Å². The van der Waals surface area contributed by atoms with Gasteiger partial charge < -0.3 is 5.32 Å². The zero-order valence-corrected chi connectivity index (χ0v) is 10.5. The van der Waals surface area contributed by atoms with Crippen molar-refractivity contribution in [2.75, 3.05) is 12.3 Å². The van der Waals surface area contributed by atoms with Gasteiger partial charge in [0.25, 0.3) is 0 Å². The summed E-state index contributed by atoms with van der Waals surface area (Å²) in [6, 6.07) is 0. The molecular formula is C8H13ClF3NO3S. The van der Waals surface area contributed by atoms with Crippen LogP contribution in [0.2, 0.25) is 0 Å². The standard InChI is InChI=1S/C8H13ClF3NO3S/c9-17(15,16)6-4-2-1-3-5-13-7(14)8(10,11)12/h1-6H2,(H,13,14). The van der Waals surface area contributed by atoms with Crippen LogP contribution in [0.1, 0.15) is 25.7 Å². The maximum absolute atomic E-state index is 11.7. The minimum Gasteiger partial charge on any atom is -0.348 e. The number of alkyl halides is 3. The first-order valence-corrected chi connectivity index (χ1v) is 7.38. The first-order chi connectivity index (χ1) is 7.63. The van der Waals surface area contributed by atoms with Crippen LogP contribution in [0.3, 0.4) is 0 Å². The highest BCUT2D eigenvalue weighted by Crippen LogP contribution is 2.14. The summed E-state index contributed by atoms with van der Waals surface area (Å²) in [5.41, 5.74) is 0. The molecule has 0 rings (SSSR count). The Morgan fingerprint density at radius 1 is 1.12 bits per heavy atom. The molecule has 4 nitrogen and oxygen atoms in total. The number of unbranched alkanes of at least 4 members (excludes halogenated alkanes) is 3. The number of hydrogen-bond acceptors (Lipinski definition) is 3. The fourth-order valence-electron chi connectivity index (χ4n) is 1.06. The molecule has 0 aromatic heterocycles. The summed E-state index contributed by atoms with van der Waals surface area (Å²) in [5, 5.41) is 1.72. The van der Waals surface area contributed by atoms with E-state index in [1.165, 1.54) is 0 Å². The number of amides is 1. The van der Waals surface area contributed by atoms with Gasteiger partial charge in [-0.1, -0.05) is 12.8 Å². The fraction of sp³-hybridized carbons (Fsp3) is 0.875. The van der Waals surface area contributed by atoms with Crippen LogP contribution in [-0.2, 0) is 13.8 Å². The minimum atomic E-state index is -4.85. The summed E-state index contributed by atoms with van der Waals surface area (Å²) in [4.78, 5) is 10.4. The third-order valence-electron chi connectivity index (χ3n) is 1.86. The van der Waals surface area contributed by atoms with E-state index in [1.807, 2.05) is 0 Å². The zero-order chi connectivity index (χ0) is 13.5. The number of halogens is 4. The lowest BCUT2D eigenvalue weighted by molar-refractivity contribution is -0.173. The van der Waals surface area contributed by atoms with Gasteiger partial charge in [-0.05, 0) is 12.8 Å². The Balaban J connectivity index is 3.45. The number of nitrogens with one attached hydrogen (secondary N) is 1. The first-order valence-electron chi connectivity index (χ1n) is 4.90. The van der Waals surface area contributed by atoms with Gasteiger partial charge in [-0.25, -0.2) is 8.42 Å². The van der Waals surface area contributed by atoms with E-state index in [1.54, 1.807) is 5.32 Å². The molecule has 0 bridgehead atoms.